The second kappa shape index (κ2) is 5.55. The first-order valence-electron chi connectivity index (χ1n) is 6.54. The molecule has 3 heteroatoms. The van der Waals surface area contributed by atoms with E-state index in [2.05, 4.69) is 49.6 Å². The summed E-state index contributed by atoms with van der Waals surface area (Å²) in [7, 11) is 0. The number of hydrazone groups is 1. The van der Waals surface area contributed by atoms with E-state index >= 15 is 0 Å². The highest BCUT2D eigenvalue weighted by atomic mass is 15.6. The lowest BCUT2D eigenvalue weighted by molar-refractivity contribution is 0.103. The summed E-state index contributed by atoms with van der Waals surface area (Å²) in [4.78, 5) is 2.40. The van der Waals surface area contributed by atoms with Crippen LogP contribution in [0.3, 0.4) is 0 Å². The van der Waals surface area contributed by atoms with E-state index in [1.54, 1.807) is 0 Å². The van der Waals surface area contributed by atoms with Gasteiger partial charge in [0.15, 0.2) is 0 Å². The van der Waals surface area contributed by atoms with Crippen molar-refractivity contribution in [1.82, 2.24) is 9.91 Å². The Morgan fingerprint density at radius 2 is 1.94 bits per heavy atom. The normalized spacial score (nSPS) is 20.9. The van der Waals surface area contributed by atoms with Crippen LogP contribution in [0.2, 0.25) is 0 Å². The van der Waals surface area contributed by atoms with E-state index in [1.807, 2.05) is 6.34 Å². The topological polar surface area (TPSA) is 18.8 Å². The minimum absolute atomic E-state index is 0.334. The molecule has 0 aromatic heterocycles. The molecule has 0 N–H and O–H groups in total. The summed E-state index contributed by atoms with van der Waals surface area (Å²) in [6.07, 6.45) is 6.28. The van der Waals surface area contributed by atoms with Crippen LogP contribution in [0.25, 0.3) is 0 Å². The minimum Gasteiger partial charge on any atom is -0.339 e. The van der Waals surface area contributed by atoms with Crippen LogP contribution in [0.4, 0.5) is 0 Å². The molecule has 0 saturated heterocycles. The molecule has 3 nitrogen and oxygen atoms in total. The first kappa shape index (κ1) is 13.3. The van der Waals surface area contributed by atoms with Crippen molar-refractivity contribution in [2.45, 2.75) is 60.0 Å². The van der Waals surface area contributed by atoms with Gasteiger partial charge in [0, 0.05) is 13.1 Å². The molecule has 0 aliphatic carbocycles. The van der Waals surface area contributed by atoms with Gasteiger partial charge in [0.25, 0.3) is 0 Å². The molecule has 0 spiro atoms. The van der Waals surface area contributed by atoms with Crippen LogP contribution in [0.15, 0.2) is 5.10 Å². The molecule has 0 bridgehead atoms. The van der Waals surface area contributed by atoms with Gasteiger partial charge in [-0.05, 0) is 25.2 Å². The van der Waals surface area contributed by atoms with E-state index in [0.29, 0.717) is 11.6 Å². The summed E-state index contributed by atoms with van der Waals surface area (Å²) >= 11 is 0. The highest BCUT2D eigenvalue weighted by Crippen LogP contribution is 2.23. The van der Waals surface area contributed by atoms with Gasteiger partial charge in [-0.3, -0.25) is 5.01 Å². The van der Waals surface area contributed by atoms with E-state index in [-0.39, 0.29) is 0 Å². The molecule has 0 radical (unpaired) electrons. The Morgan fingerprint density at radius 3 is 2.44 bits per heavy atom. The lowest BCUT2D eigenvalue weighted by Crippen LogP contribution is -2.43. The maximum atomic E-state index is 4.49. The van der Waals surface area contributed by atoms with E-state index in [4.69, 9.17) is 0 Å². The van der Waals surface area contributed by atoms with Gasteiger partial charge in [0.1, 0.15) is 12.5 Å². The van der Waals surface area contributed by atoms with Crippen molar-refractivity contribution in [3.63, 3.8) is 0 Å². The Kier molecular flexibility index (Phi) is 4.63. The zero-order valence-electron chi connectivity index (χ0n) is 11.5. The van der Waals surface area contributed by atoms with Crippen molar-refractivity contribution in [3.8, 4) is 0 Å². The summed E-state index contributed by atoms with van der Waals surface area (Å²) in [5, 5.41) is 6.70. The fourth-order valence-electron chi connectivity index (χ4n) is 2.15. The summed E-state index contributed by atoms with van der Waals surface area (Å²) in [6, 6.07) is 0. The van der Waals surface area contributed by atoms with Crippen LogP contribution >= 0.6 is 0 Å². The molecule has 1 aliphatic rings. The molecule has 0 saturated carbocycles. The molecule has 1 aliphatic heterocycles. The van der Waals surface area contributed by atoms with Crippen molar-refractivity contribution in [2.75, 3.05) is 13.1 Å². The maximum Gasteiger partial charge on any atom is 0.119 e. The Morgan fingerprint density at radius 1 is 1.25 bits per heavy atom. The highest BCUT2D eigenvalue weighted by Gasteiger charge is 2.28. The second-order valence-electron chi connectivity index (χ2n) is 5.84. The summed E-state index contributed by atoms with van der Waals surface area (Å²) in [6.45, 7) is 13.4. The molecule has 0 aromatic rings. The third-order valence-corrected chi connectivity index (χ3v) is 2.87. The van der Waals surface area contributed by atoms with Gasteiger partial charge in [-0.2, -0.15) is 5.10 Å². The highest BCUT2D eigenvalue weighted by molar-refractivity contribution is 5.57. The predicted molar refractivity (Wildman–Crippen MR) is 70.3 cm³/mol. The third-order valence-electron chi connectivity index (χ3n) is 2.87. The van der Waals surface area contributed by atoms with E-state index in [1.165, 1.54) is 19.3 Å². The first-order valence-corrected chi connectivity index (χ1v) is 6.54. The minimum atomic E-state index is 0.334. The average Bonchev–Trinajstić information content (AvgIpc) is 2.55. The summed E-state index contributed by atoms with van der Waals surface area (Å²) in [5.41, 5.74) is 0.334. The summed E-state index contributed by atoms with van der Waals surface area (Å²) < 4.78 is 0. The third kappa shape index (κ3) is 3.69. The van der Waals surface area contributed by atoms with Gasteiger partial charge in [-0.25, -0.2) is 0 Å². The van der Waals surface area contributed by atoms with Crippen molar-refractivity contribution >= 4 is 6.34 Å². The van der Waals surface area contributed by atoms with Gasteiger partial charge in [-0.1, -0.05) is 34.1 Å². The SMILES string of the molecule is CCCCC1N(CC(C)(C)C)C=NN1CC. The zero-order chi connectivity index (χ0) is 12.2. The quantitative estimate of drug-likeness (QED) is 0.716. The van der Waals surface area contributed by atoms with Crippen LogP contribution < -0.4 is 0 Å². The fraction of sp³-hybridized carbons (Fsp3) is 0.923. The van der Waals surface area contributed by atoms with E-state index in [9.17, 15) is 0 Å². The average molecular weight is 225 g/mol. The standard InChI is InChI=1S/C13H27N3/c1-6-8-9-12-15(10-13(3,4)5)11-14-16(12)7-2/h11-12H,6-10H2,1-5H3. The Labute approximate surface area is 100 Å². The molecule has 16 heavy (non-hydrogen) atoms. The second-order valence-corrected chi connectivity index (χ2v) is 5.84. The number of hydrogen-bond acceptors (Lipinski definition) is 3. The van der Waals surface area contributed by atoms with E-state index in [0.717, 1.165) is 13.1 Å². The van der Waals surface area contributed by atoms with Gasteiger partial charge in [0.05, 0.1) is 0 Å². The molecular formula is C13H27N3. The molecule has 0 aromatic carbocycles. The lowest BCUT2D eigenvalue weighted by atomic mass is 9.96. The zero-order valence-corrected chi connectivity index (χ0v) is 11.5. The van der Waals surface area contributed by atoms with Gasteiger partial charge >= 0.3 is 0 Å². The first-order chi connectivity index (χ1) is 7.48. The number of hydrogen-bond donors (Lipinski definition) is 0. The molecule has 0 amide bonds. The molecule has 1 unspecified atom stereocenters. The lowest BCUT2D eigenvalue weighted by Gasteiger charge is -2.34. The largest absolute Gasteiger partial charge is 0.339 e. The molecule has 1 heterocycles. The maximum absolute atomic E-state index is 4.49. The molecule has 1 rings (SSSR count). The smallest absolute Gasteiger partial charge is 0.119 e. The Balaban J connectivity index is 2.58. The number of unbranched alkanes of at least 4 members (excludes halogenated alkanes) is 1. The molecule has 94 valence electrons. The molecule has 0 fully saturated rings. The monoisotopic (exact) mass is 225 g/mol. The van der Waals surface area contributed by atoms with Crippen LogP contribution in [0.1, 0.15) is 53.9 Å². The van der Waals surface area contributed by atoms with Crippen molar-refractivity contribution < 1.29 is 0 Å². The van der Waals surface area contributed by atoms with Crippen LogP contribution in [0.5, 0.6) is 0 Å². The Hall–Kier alpha value is -0.730. The number of rotatable bonds is 5. The molecular weight excluding hydrogens is 198 g/mol. The van der Waals surface area contributed by atoms with Crippen LogP contribution in [-0.2, 0) is 0 Å². The Bertz CT molecular complexity index is 230. The van der Waals surface area contributed by atoms with Crippen LogP contribution in [-0.4, -0.2) is 35.5 Å². The van der Waals surface area contributed by atoms with Crippen molar-refractivity contribution in [1.29, 1.82) is 0 Å². The summed E-state index contributed by atoms with van der Waals surface area (Å²) in [5.74, 6) is 0. The van der Waals surface area contributed by atoms with Crippen LogP contribution in [0, 0.1) is 5.41 Å². The van der Waals surface area contributed by atoms with Crippen molar-refractivity contribution in [2.24, 2.45) is 10.5 Å². The van der Waals surface area contributed by atoms with E-state index < -0.39 is 0 Å². The molecule has 1 atom stereocenters. The predicted octanol–water partition coefficient (Wildman–Crippen LogP) is 3.13. The van der Waals surface area contributed by atoms with Gasteiger partial charge in [-0.15, -0.1) is 0 Å². The van der Waals surface area contributed by atoms with Crippen molar-refractivity contribution in [3.05, 3.63) is 0 Å². The number of nitrogens with zero attached hydrogens (tertiary/aromatic N) is 3. The van der Waals surface area contributed by atoms with Gasteiger partial charge < -0.3 is 4.90 Å². The fourth-order valence-corrected chi connectivity index (χ4v) is 2.15. The van der Waals surface area contributed by atoms with Gasteiger partial charge in [0.2, 0.25) is 0 Å².